The van der Waals surface area contributed by atoms with E-state index in [4.69, 9.17) is 0 Å². The Morgan fingerprint density at radius 1 is 1.33 bits per heavy atom. The molecule has 0 aliphatic carbocycles. The van der Waals surface area contributed by atoms with E-state index in [0.29, 0.717) is 5.75 Å². The largest absolute Gasteiger partial charge is 0.388 e. The van der Waals surface area contributed by atoms with Crippen molar-refractivity contribution < 1.29 is 9.90 Å². The van der Waals surface area contributed by atoms with Crippen LogP contribution in [0.5, 0.6) is 0 Å². The Morgan fingerprint density at radius 3 is 2.89 bits per heavy atom. The van der Waals surface area contributed by atoms with Crippen LogP contribution in [0.25, 0.3) is 0 Å². The third-order valence-corrected chi connectivity index (χ3v) is 4.48. The van der Waals surface area contributed by atoms with Gasteiger partial charge < -0.3 is 10.4 Å². The molecule has 3 nitrogen and oxygen atoms in total. The highest BCUT2D eigenvalue weighted by molar-refractivity contribution is 8.00. The molecule has 1 fully saturated rings. The molecule has 1 aromatic carbocycles. The normalized spacial score (nSPS) is 22.1. The minimum atomic E-state index is -0.493. The summed E-state index contributed by atoms with van der Waals surface area (Å²) < 4.78 is 0. The molecule has 0 aromatic heterocycles. The van der Waals surface area contributed by atoms with Crippen LogP contribution in [0.4, 0.5) is 0 Å². The van der Waals surface area contributed by atoms with Crippen LogP contribution in [0.1, 0.15) is 30.9 Å². The second-order valence-electron chi connectivity index (χ2n) is 4.54. The zero-order valence-electron chi connectivity index (χ0n) is 10.3. The Morgan fingerprint density at radius 2 is 2.11 bits per heavy atom. The molecule has 1 amide bonds. The van der Waals surface area contributed by atoms with Gasteiger partial charge in [0.2, 0.25) is 5.91 Å². The number of hydrogen-bond donors (Lipinski definition) is 2. The van der Waals surface area contributed by atoms with E-state index in [-0.39, 0.29) is 11.2 Å². The lowest BCUT2D eigenvalue weighted by atomic mass is 10.1. The number of aliphatic hydroxyl groups is 1. The second kappa shape index (κ2) is 6.81. The number of hydrogen-bond acceptors (Lipinski definition) is 3. The van der Waals surface area contributed by atoms with Crippen molar-refractivity contribution >= 4 is 17.7 Å². The molecule has 0 spiro atoms. The van der Waals surface area contributed by atoms with Crippen LogP contribution in [0.3, 0.4) is 0 Å². The highest BCUT2D eigenvalue weighted by Crippen LogP contribution is 2.25. The molecule has 1 heterocycles. The van der Waals surface area contributed by atoms with Crippen molar-refractivity contribution in [1.29, 1.82) is 0 Å². The predicted molar refractivity (Wildman–Crippen MR) is 74.5 cm³/mol. The second-order valence-corrected chi connectivity index (χ2v) is 5.77. The fourth-order valence-corrected chi connectivity index (χ4v) is 3.22. The van der Waals surface area contributed by atoms with Gasteiger partial charge in [0.25, 0.3) is 0 Å². The average molecular weight is 265 g/mol. The van der Waals surface area contributed by atoms with E-state index in [0.717, 1.165) is 31.4 Å². The van der Waals surface area contributed by atoms with Crippen LogP contribution in [-0.2, 0) is 4.79 Å². The molecule has 4 heteroatoms. The lowest BCUT2D eigenvalue weighted by Crippen LogP contribution is -2.31. The van der Waals surface area contributed by atoms with E-state index in [9.17, 15) is 9.90 Å². The molecule has 2 rings (SSSR count). The molecule has 1 aliphatic rings. The van der Waals surface area contributed by atoms with Gasteiger partial charge in [0.15, 0.2) is 0 Å². The van der Waals surface area contributed by atoms with Gasteiger partial charge in [-0.2, -0.15) is 0 Å². The quantitative estimate of drug-likeness (QED) is 0.876. The smallest absolute Gasteiger partial charge is 0.233 e. The molecule has 2 atom stereocenters. The van der Waals surface area contributed by atoms with Crippen molar-refractivity contribution in [3.63, 3.8) is 0 Å². The summed E-state index contributed by atoms with van der Waals surface area (Å²) in [6, 6.07) is 9.60. The minimum absolute atomic E-state index is 0.00846. The lowest BCUT2D eigenvalue weighted by Gasteiger charge is -2.16. The summed E-state index contributed by atoms with van der Waals surface area (Å²) in [4.78, 5) is 11.7. The molecule has 1 aromatic rings. The minimum Gasteiger partial charge on any atom is -0.388 e. The van der Waals surface area contributed by atoms with E-state index >= 15 is 0 Å². The number of nitrogens with one attached hydrogen (secondary N) is 1. The summed E-state index contributed by atoms with van der Waals surface area (Å²) in [5, 5.41) is 13.0. The highest BCUT2D eigenvalue weighted by Gasteiger charge is 2.22. The number of thioether (sulfide) groups is 1. The number of carbonyl (C=O) groups excluding carboxylic acids is 1. The molecule has 0 unspecified atom stereocenters. The van der Waals surface area contributed by atoms with Crippen molar-refractivity contribution in [2.75, 3.05) is 12.3 Å². The first-order valence-electron chi connectivity index (χ1n) is 6.39. The van der Waals surface area contributed by atoms with E-state index in [1.807, 2.05) is 30.3 Å². The van der Waals surface area contributed by atoms with Crippen molar-refractivity contribution in [2.24, 2.45) is 0 Å². The molecule has 0 bridgehead atoms. The number of aliphatic hydroxyl groups excluding tert-OH is 1. The number of benzene rings is 1. The van der Waals surface area contributed by atoms with Crippen LogP contribution in [0.2, 0.25) is 0 Å². The van der Waals surface area contributed by atoms with Gasteiger partial charge in [-0.15, -0.1) is 11.8 Å². The van der Waals surface area contributed by atoms with Crippen molar-refractivity contribution in [1.82, 2.24) is 5.32 Å². The summed E-state index contributed by atoms with van der Waals surface area (Å²) in [7, 11) is 0. The van der Waals surface area contributed by atoms with E-state index < -0.39 is 6.10 Å². The van der Waals surface area contributed by atoms with Gasteiger partial charge >= 0.3 is 0 Å². The van der Waals surface area contributed by atoms with Crippen molar-refractivity contribution in [2.45, 2.75) is 30.6 Å². The maximum atomic E-state index is 11.7. The Balaban J connectivity index is 1.85. The maximum absolute atomic E-state index is 11.7. The van der Waals surface area contributed by atoms with Gasteiger partial charge in [-0.25, -0.2) is 0 Å². The summed E-state index contributed by atoms with van der Waals surface area (Å²) in [5.74, 6) is 0.694. The van der Waals surface area contributed by atoms with Crippen LogP contribution < -0.4 is 5.32 Å². The molecule has 0 radical (unpaired) electrons. The fourth-order valence-electron chi connectivity index (χ4n) is 2.05. The molecule has 18 heavy (non-hydrogen) atoms. The van der Waals surface area contributed by atoms with Crippen LogP contribution in [0, 0.1) is 0 Å². The topological polar surface area (TPSA) is 49.3 Å². The Bertz CT molecular complexity index is 383. The number of rotatable bonds is 4. The van der Waals surface area contributed by atoms with Gasteiger partial charge in [0.05, 0.1) is 11.4 Å². The SMILES string of the molecule is O=C1NCCCC[C@H]1SC[C@H](O)c1ccccc1. The monoisotopic (exact) mass is 265 g/mol. The van der Waals surface area contributed by atoms with Crippen LogP contribution >= 0.6 is 11.8 Å². The van der Waals surface area contributed by atoms with E-state index in [1.54, 1.807) is 11.8 Å². The Labute approximate surface area is 112 Å². The van der Waals surface area contributed by atoms with E-state index in [2.05, 4.69) is 5.32 Å². The summed E-state index contributed by atoms with van der Waals surface area (Å²) in [6.07, 6.45) is 2.56. The zero-order chi connectivity index (χ0) is 12.8. The molecular formula is C14H19NO2S. The zero-order valence-corrected chi connectivity index (χ0v) is 11.2. The summed E-state index contributed by atoms with van der Waals surface area (Å²) >= 11 is 1.56. The third kappa shape index (κ3) is 3.75. The first-order valence-corrected chi connectivity index (χ1v) is 7.44. The number of carbonyl (C=O) groups is 1. The van der Waals surface area contributed by atoms with Gasteiger partial charge in [0, 0.05) is 12.3 Å². The molecule has 1 aliphatic heterocycles. The standard InChI is InChI=1S/C14H19NO2S/c16-12(11-6-2-1-3-7-11)10-18-13-8-4-5-9-15-14(13)17/h1-3,6-7,12-13,16H,4-5,8-10H2,(H,15,17)/t12-,13+/m0/s1. The molecular weight excluding hydrogens is 246 g/mol. The van der Waals surface area contributed by atoms with Crippen molar-refractivity contribution in [3.05, 3.63) is 35.9 Å². The average Bonchev–Trinajstić information content (AvgIpc) is 2.62. The maximum Gasteiger partial charge on any atom is 0.233 e. The van der Waals surface area contributed by atoms with Gasteiger partial charge in [-0.1, -0.05) is 36.8 Å². The molecule has 2 N–H and O–H groups in total. The molecule has 1 saturated heterocycles. The molecule has 98 valence electrons. The van der Waals surface area contributed by atoms with Crippen molar-refractivity contribution in [3.8, 4) is 0 Å². The first-order chi connectivity index (χ1) is 8.77. The summed E-state index contributed by atoms with van der Waals surface area (Å²) in [5.41, 5.74) is 0.916. The Kier molecular flexibility index (Phi) is 5.08. The Hall–Kier alpha value is -1.00. The van der Waals surface area contributed by atoms with E-state index in [1.165, 1.54) is 0 Å². The first kappa shape index (κ1) is 13.4. The van der Waals surface area contributed by atoms with Gasteiger partial charge in [-0.05, 0) is 18.4 Å². The van der Waals surface area contributed by atoms with Gasteiger partial charge in [0.1, 0.15) is 0 Å². The predicted octanol–water partition coefficient (Wildman–Crippen LogP) is 2.12. The number of amides is 1. The van der Waals surface area contributed by atoms with Gasteiger partial charge in [-0.3, -0.25) is 4.79 Å². The third-order valence-electron chi connectivity index (χ3n) is 3.12. The fraction of sp³-hybridized carbons (Fsp3) is 0.500. The van der Waals surface area contributed by atoms with Crippen LogP contribution in [0.15, 0.2) is 30.3 Å². The lowest BCUT2D eigenvalue weighted by molar-refractivity contribution is -0.120. The van der Waals surface area contributed by atoms with Crippen LogP contribution in [-0.4, -0.2) is 28.6 Å². The summed E-state index contributed by atoms with van der Waals surface area (Å²) in [6.45, 7) is 0.789. The molecule has 0 saturated carbocycles. The highest BCUT2D eigenvalue weighted by atomic mass is 32.2.